The van der Waals surface area contributed by atoms with E-state index in [4.69, 9.17) is 4.42 Å². The van der Waals surface area contributed by atoms with Crippen LogP contribution in [0, 0.1) is 6.92 Å². The van der Waals surface area contributed by atoms with E-state index in [0.717, 1.165) is 21.2 Å². The lowest BCUT2D eigenvalue weighted by atomic mass is 10.1. The molecule has 0 saturated heterocycles. The molecule has 0 radical (unpaired) electrons. The monoisotopic (exact) mass is 482 g/mol. The lowest BCUT2D eigenvalue weighted by molar-refractivity contribution is 0.576. The van der Waals surface area contributed by atoms with E-state index < -0.39 is 9.84 Å². The van der Waals surface area contributed by atoms with E-state index in [0.29, 0.717) is 6.54 Å². The molecule has 5 nitrogen and oxygen atoms in total. The molecular weight excluding hydrogens is 464 g/mol. The normalized spacial score (nSPS) is 11.4. The summed E-state index contributed by atoms with van der Waals surface area (Å²) in [5, 5.41) is 2.98. The summed E-state index contributed by atoms with van der Waals surface area (Å²) in [6.45, 7) is 2.37. The zero-order valence-electron chi connectivity index (χ0n) is 16.2. The molecule has 7 heteroatoms. The first kappa shape index (κ1) is 20.4. The van der Waals surface area contributed by atoms with Gasteiger partial charge in [-0.25, -0.2) is 8.42 Å². The van der Waals surface area contributed by atoms with Crippen LogP contribution in [0.3, 0.4) is 0 Å². The molecule has 30 heavy (non-hydrogen) atoms. The first-order valence-electron chi connectivity index (χ1n) is 9.30. The molecule has 1 aromatic heterocycles. The quantitative estimate of drug-likeness (QED) is 0.372. The molecule has 0 amide bonds. The summed E-state index contributed by atoms with van der Waals surface area (Å²) in [4.78, 5) is 4.53. The third kappa shape index (κ3) is 4.32. The molecule has 0 aliphatic carbocycles. The number of benzene rings is 3. The fourth-order valence-corrected chi connectivity index (χ4v) is 4.55. The van der Waals surface area contributed by atoms with Gasteiger partial charge in [0, 0.05) is 16.6 Å². The molecule has 1 N–H and O–H groups in total. The van der Waals surface area contributed by atoms with Crippen LogP contribution in [0.5, 0.6) is 0 Å². The predicted molar refractivity (Wildman–Crippen MR) is 120 cm³/mol. The van der Waals surface area contributed by atoms with Crippen molar-refractivity contribution in [1.82, 2.24) is 4.98 Å². The minimum absolute atomic E-state index is 0.123. The minimum Gasteiger partial charge on any atom is -0.419 e. The Bertz CT molecular complexity index is 1270. The number of halogens is 1. The van der Waals surface area contributed by atoms with Gasteiger partial charge in [0.2, 0.25) is 26.6 Å². The second kappa shape index (κ2) is 8.45. The van der Waals surface area contributed by atoms with Crippen molar-refractivity contribution in [3.63, 3.8) is 0 Å². The first-order valence-corrected chi connectivity index (χ1v) is 11.6. The molecule has 0 atom stereocenters. The molecule has 0 saturated carbocycles. The second-order valence-electron chi connectivity index (χ2n) is 6.82. The van der Waals surface area contributed by atoms with Gasteiger partial charge < -0.3 is 9.73 Å². The van der Waals surface area contributed by atoms with E-state index in [1.807, 2.05) is 61.5 Å². The second-order valence-corrected chi connectivity index (χ2v) is 9.60. The van der Waals surface area contributed by atoms with Crippen molar-refractivity contribution in [3.8, 4) is 11.5 Å². The molecule has 0 spiro atoms. The number of hydrogen-bond donors (Lipinski definition) is 1. The number of aryl methyl sites for hydroxylation is 1. The molecule has 4 rings (SSSR count). The van der Waals surface area contributed by atoms with Gasteiger partial charge >= 0.3 is 0 Å². The standard InChI is InChI=1S/C23H19BrN2O3S/c1-16-6-5-9-18(14-16)21-26-23(30(27,28)20-12-10-19(24)11-13-20)22(29-21)25-15-17-7-3-2-4-8-17/h2-14,25H,15H2,1H3. The van der Waals surface area contributed by atoms with Crippen LogP contribution in [-0.2, 0) is 16.4 Å². The largest absolute Gasteiger partial charge is 0.419 e. The van der Waals surface area contributed by atoms with E-state index in [-0.39, 0.29) is 21.7 Å². The van der Waals surface area contributed by atoms with Crippen molar-refractivity contribution < 1.29 is 12.8 Å². The number of nitrogens with one attached hydrogen (secondary N) is 1. The zero-order valence-corrected chi connectivity index (χ0v) is 18.6. The Labute approximate surface area is 183 Å². The highest BCUT2D eigenvalue weighted by Gasteiger charge is 2.28. The Balaban J connectivity index is 1.77. The number of sulfone groups is 1. The summed E-state index contributed by atoms with van der Waals surface area (Å²) < 4.78 is 33.3. The molecule has 1 heterocycles. The summed E-state index contributed by atoms with van der Waals surface area (Å²) in [6, 6.07) is 23.7. The Morgan fingerprint density at radius 2 is 1.70 bits per heavy atom. The van der Waals surface area contributed by atoms with Gasteiger partial charge in [-0.05, 0) is 48.9 Å². The molecule has 4 aromatic rings. The number of aromatic nitrogens is 1. The SMILES string of the molecule is Cc1cccc(-c2nc(S(=O)(=O)c3ccc(Br)cc3)c(NCc3ccccc3)o2)c1. The van der Waals surface area contributed by atoms with Crippen molar-refractivity contribution in [2.45, 2.75) is 23.4 Å². The van der Waals surface area contributed by atoms with E-state index in [2.05, 4.69) is 26.2 Å². The lowest BCUT2D eigenvalue weighted by Crippen LogP contribution is -2.07. The topological polar surface area (TPSA) is 72.2 Å². The van der Waals surface area contributed by atoms with E-state index >= 15 is 0 Å². The highest BCUT2D eigenvalue weighted by Crippen LogP contribution is 2.33. The fourth-order valence-electron chi connectivity index (χ4n) is 3.01. The van der Waals surface area contributed by atoms with Crippen molar-refractivity contribution in [3.05, 3.63) is 94.5 Å². The van der Waals surface area contributed by atoms with Crippen LogP contribution in [-0.4, -0.2) is 13.4 Å². The molecule has 0 aliphatic heterocycles. The van der Waals surface area contributed by atoms with Gasteiger partial charge in [0.25, 0.3) is 0 Å². The summed E-state index contributed by atoms with van der Waals surface area (Å²) in [5.41, 5.74) is 2.75. The number of oxazole rings is 1. The average Bonchev–Trinajstić information content (AvgIpc) is 3.19. The number of rotatable bonds is 6. The smallest absolute Gasteiger partial charge is 0.234 e. The van der Waals surface area contributed by atoms with Crippen molar-refractivity contribution in [2.24, 2.45) is 0 Å². The van der Waals surface area contributed by atoms with Gasteiger partial charge in [0.1, 0.15) is 0 Å². The Kier molecular flexibility index (Phi) is 5.74. The van der Waals surface area contributed by atoms with Crippen LogP contribution in [0.1, 0.15) is 11.1 Å². The highest BCUT2D eigenvalue weighted by molar-refractivity contribution is 9.10. The van der Waals surface area contributed by atoms with E-state index in [9.17, 15) is 8.42 Å². The van der Waals surface area contributed by atoms with Crippen LogP contribution in [0.15, 0.2) is 97.7 Å². The average molecular weight is 483 g/mol. The molecule has 0 unspecified atom stereocenters. The van der Waals surface area contributed by atoms with Gasteiger partial charge in [-0.2, -0.15) is 4.98 Å². The molecular formula is C23H19BrN2O3S. The maximum Gasteiger partial charge on any atom is 0.234 e. The minimum atomic E-state index is -3.88. The van der Waals surface area contributed by atoms with Crippen LogP contribution >= 0.6 is 15.9 Å². The first-order chi connectivity index (χ1) is 14.4. The maximum atomic E-state index is 13.3. The maximum absolute atomic E-state index is 13.3. The molecule has 152 valence electrons. The van der Waals surface area contributed by atoms with Crippen LogP contribution in [0.2, 0.25) is 0 Å². The highest BCUT2D eigenvalue weighted by atomic mass is 79.9. The Morgan fingerprint density at radius 3 is 2.40 bits per heavy atom. The summed E-state index contributed by atoms with van der Waals surface area (Å²) in [7, 11) is -3.88. The third-order valence-electron chi connectivity index (χ3n) is 4.54. The summed E-state index contributed by atoms with van der Waals surface area (Å²) in [5.74, 6) is 0.378. The molecule has 3 aromatic carbocycles. The van der Waals surface area contributed by atoms with Crippen LogP contribution in [0.4, 0.5) is 5.88 Å². The van der Waals surface area contributed by atoms with Crippen molar-refractivity contribution >= 4 is 31.7 Å². The Hall–Kier alpha value is -2.90. The summed E-state index contributed by atoms with van der Waals surface area (Å²) >= 11 is 3.33. The molecule has 0 aliphatic rings. The number of nitrogens with zero attached hydrogens (tertiary/aromatic N) is 1. The zero-order chi connectivity index (χ0) is 21.1. The van der Waals surface area contributed by atoms with Crippen LogP contribution < -0.4 is 5.32 Å². The third-order valence-corrected chi connectivity index (χ3v) is 6.74. The van der Waals surface area contributed by atoms with Gasteiger partial charge in [0.05, 0.1) is 4.90 Å². The lowest BCUT2D eigenvalue weighted by Gasteiger charge is -2.06. The van der Waals surface area contributed by atoms with Crippen LogP contribution in [0.25, 0.3) is 11.5 Å². The number of hydrogen-bond acceptors (Lipinski definition) is 5. The van der Waals surface area contributed by atoms with Gasteiger partial charge in [0.15, 0.2) is 0 Å². The Morgan fingerprint density at radius 1 is 0.967 bits per heavy atom. The predicted octanol–water partition coefficient (Wildman–Crippen LogP) is 5.86. The van der Waals surface area contributed by atoms with E-state index in [1.165, 1.54) is 0 Å². The van der Waals surface area contributed by atoms with Crippen molar-refractivity contribution in [2.75, 3.05) is 5.32 Å². The fraction of sp³-hybridized carbons (Fsp3) is 0.0870. The van der Waals surface area contributed by atoms with Gasteiger partial charge in [-0.15, -0.1) is 0 Å². The van der Waals surface area contributed by atoms with Gasteiger partial charge in [-0.1, -0.05) is 64.0 Å². The van der Waals surface area contributed by atoms with E-state index in [1.54, 1.807) is 24.3 Å². The van der Waals surface area contributed by atoms with Crippen molar-refractivity contribution in [1.29, 1.82) is 0 Å². The summed E-state index contributed by atoms with van der Waals surface area (Å²) in [6.07, 6.45) is 0. The molecule has 0 fully saturated rings. The number of anilines is 1. The van der Waals surface area contributed by atoms with Gasteiger partial charge in [-0.3, -0.25) is 0 Å². The molecule has 0 bridgehead atoms.